The van der Waals surface area contributed by atoms with Gasteiger partial charge in [0.15, 0.2) is 0 Å². The van der Waals surface area contributed by atoms with Crippen LogP contribution < -0.4 is 0 Å². The standard InChI is InChI=1S/C16H24N4O/c1-13(14-4-3-6-17-12-14)19-8-10-20(11-9-19)15-5-7-18(2)16(15)21/h3-4,6,12-13,15H,5,7-11H2,1-2H3/t13-,15+/m1/s1. The van der Waals surface area contributed by atoms with E-state index < -0.39 is 0 Å². The van der Waals surface area contributed by atoms with Gasteiger partial charge in [-0.15, -0.1) is 0 Å². The number of nitrogens with zero attached hydrogens (tertiary/aromatic N) is 4. The molecule has 1 amide bonds. The summed E-state index contributed by atoms with van der Waals surface area (Å²) in [7, 11) is 1.91. The van der Waals surface area contributed by atoms with Crippen LogP contribution in [0.15, 0.2) is 24.5 Å². The molecule has 3 heterocycles. The molecule has 0 unspecified atom stereocenters. The number of carbonyl (C=O) groups is 1. The molecule has 2 aliphatic heterocycles. The highest BCUT2D eigenvalue weighted by atomic mass is 16.2. The Bertz CT molecular complexity index is 484. The lowest BCUT2D eigenvalue weighted by molar-refractivity contribution is -0.131. The molecule has 0 bridgehead atoms. The molecule has 1 aromatic rings. The Hall–Kier alpha value is -1.46. The third-order valence-corrected chi connectivity index (χ3v) is 4.90. The molecule has 2 fully saturated rings. The van der Waals surface area contributed by atoms with Gasteiger partial charge in [0.25, 0.3) is 0 Å². The van der Waals surface area contributed by atoms with Crippen LogP contribution >= 0.6 is 0 Å². The van der Waals surface area contributed by atoms with E-state index in [9.17, 15) is 4.79 Å². The van der Waals surface area contributed by atoms with Gasteiger partial charge in [0.2, 0.25) is 5.91 Å². The van der Waals surface area contributed by atoms with Crippen molar-refractivity contribution in [1.29, 1.82) is 0 Å². The van der Waals surface area contributed by atoms with Crippen LogP contribution in [0.5, 0.6) is 0 Å². The van der Waals surface area contributed by atoms with Crippen LogP contribution in [0.3, 0.4) is 0 Å². The molecule has 1 aromatic heterocycles. The summed E-state index contributed by atoms with van der Waals surface area (Å²) >= 11 is 0. The summed E-state index contributed by atoms with van der Waals surface area (Å²) in [5.74, 6) is 0.295. The van der Waals surface area contributed by atoms with Crippen LogP contribution in [0, 0.1) is 0 Å². The number of carbonyl (C=O) groups excluding carboxylic acids is 1. The maximum atomic E-state index is 12.1. The Balaban J connectivity index is 1.57. The number of hydrogen-bond donors (Lipinski definition) is 0. The molecule has 0 N–H and O–H groups in total. The predicted octanol–water partition coefficient (Wildman–Crippen LogP) is 0.991. The molecule has 2 aliphatic rings. The quantitative estimate of drug-likeness (QED) is 0.831. The van der Waals surface area contributed by atoms with Gasteiger partial charge in [0, 0.05) is 58.2 Å². The summed E-state index contributed by atoms with van der Waals surface area (Å²) in [5, 5.41) is 0. The minimum absolute atomic E-state index is 0.117. The highest BCUT2D eigenvalue weighted by Crippen LogP contribution is 2.23. The fourth-order valence-corrected chi connectivity index (χ4v) is 3.41. The van der Waals surface area contributed by atoms with E-state index in [0.717, 1.165) is 39.1 Å². The second-order valence-electron chi connectivity index (χ2n) is 6.10. The molecule has 5 heteroatoms. The average Bonchev–Trinajstić information content (AvgIpc) is 2.87. The number of likely N-dealkylation sites (tertiary alicyclic amines) is 1. The molecule has 3 rings (SSSR count). The van der Waals surface area contributed by atoms with E-state index in [-0.39, 0.29) is 6.04 Å². The average molecular weight is 288 g/mol. The van der Waals surface area contributed by atoms with Gasteiger partial charge in [-0.2, -0.15) is 0 Å². The summed E-state index contributed by atoms with van der Waals surface area (Å²) in [5.41, 5.74) is 1.27. The van der Waals surface area contributed by atoms with Gasteiger partial charge in [0.1, 0.15) is 0 Å². The van der Waals surface area contributed by atoms with Gasteiger partial charge in [-0.1, -0.05) is 6.07 Å². The Labute approximate surface area is 126 Å². The van der Waals surface area contributed by atoms with Gasteiger partial charge in [0.05, 0.1) is 6.04 Å². The molecule has 0 spiro atoms. The maximum Gasteiger partial charge on any atom is 0.239 e. The van der Waals surface area contributed by atoms with Crippen molar-refractivity contribution >= 4 is 5.91 Å². The van der Waals surface area contributed by atoms with Crippen molar-refractivity contribution in [2.24, 2.45) is 0 Å². The van der Waals surface area contributed by atoms with Crippen molar-refractivity contribution in [3.63, 3.8) is 0 Å². The summed E-state index contributed by atoms with van der Waals surface area (Å²) in [6.45, 7) is 7.13. The summed E-state index contributed by atoms with van der Waals surface area (Å²) < 4.78 is 0. The lowest BCUT2D eigenvalue weighted by atomic mass is 10.1. The van der Waals surface area contributed by atoms with Crippen LogP contribution in [-0.4, -0.2) is 71.4 Å². The minimum atomic E-state index is 0.117. The molecule has 2 atom stereocenters. The van der Waals surface area contributed by atoms with Gasteiger partial charge >= 0.3 is 0 Å². The number of pyridine rings is 1. The van der Waals surface area contributed by atoms with Crippen molar-refractivity contribution in [1.82, 2.24) is 19.7 Å². The van der Waals surface area contributed by atoms with E-state index in [1.165, 1.54) is 5.56 Å². The third kappa shape index (κ3) is 2.94. The molecule has 5 nitrogen and oxygen atoms in total. The third-order valence-electron chi connectivity index (χ3n) is 4.90. The van der Waals surface area contributed by atoms with E-state index in [1.54, 1.807) is 0 Å². The summed E-state index contributed by atoms with van der Waals surface area (Å²) in [6, 6.07) is 4.64. The van der Waals surface area contributed by atoms with Crippen LogP contribution in [0.25, 0.3) is 0 Å². The van der Waals surface area contributed by atoms with Crippen LogP contribution in [0.2, 0.25) is 0 Å². The van der Waals surface area contributed by atoms with Crippen molar-refractivity contribution in [2.75, 3.05) is 39.8 Å². The first-order chi connectivity index (χ1) is 10.2. The Morgan fingerprint density at radius 3 is 2.57 bits per heavy atom. The molecule has 0 aliphatic carbocycles. The Morgan fingerprint density at radius 2 is 2.00 bits per heavy atom. The largest absolute Gasteiger partial charge is 0.344 e. The molecular formula is C16H24N4O. The Kier molecular flexibility index (Phi) is 4.22. The highest BCUT2D eigenvalue weighted by Gasteiger charge is 2.35. The fourth-order valence-electron chi connectivity index (χ4n) is 3.41. The first-order valence-electron chi connectivity index (χ1n) is 7.80. The number of likely N-dealkylation sites (N-methyl/N-ethyl adjacent to an activating group) is 1. The zero-order valence-electron chi connectivity index (χ0n) is 12.9. The number of hydrogen-bond acceptors (Lipinski definition) is 4. The molecule has 2 saturated heterocycles. The normalized spacial score (nSPS) is 26.3. The van der Waals surface area contributed by atoms with Crippen molar-refractivity contribution < 1.29 is 4.79 Å². The number of rotatable bonds is 3. The van der Waals surface area contributed by atoms with E-state index >= 15 is 0 Å². The van der Waals surface area contributed by atoms with Crippen LogP contribution in [0.4, 0.5) is 0 Å². The number of aromatic nitrogens is 1. The topological polar surface area (TPSA) is 39.7 Å². The van der Waals surface area contributed by atoms with E-state index in [4.69, 9.17) is 0 Å². The molecule has 114 valence electrons. The second kappa shape index (κ2) is 6.12. The van der Waals surface area contributed by atoms with E-state index in [2.05, 4.69) is 27.8 Å². The van der Waals surface area contributed by atoms with Crippen LogP contribution in [-0.2, 0) is 4.79 Å². The monoisotopic (exact) mass is 288 g/mol. The molecule has 0 saturated carbocycles. The first-order valence-corrected chi connectivity index (χ1v) is 7.80. The first kappa shape index (κ1) is 14.5. The molecule has 0 radical (unpaired) electrons. The lowest BCUT2D eigenvalue weighted by Crippen LogP contribution is -2.52. The van der Waals surface area contributed by atoms with Crippen molar-refractivity contribution in [3.05, 3.63) is 30.1 Å². The predicted molar refractivity (Wildman–Crippen MR) is 81.8 cm³/mol. The maximum absolute atomic E-state index is 12.1. The molecule has 21 heavy (non-hydrogen) atoms. The second-order valence-corrected chi connectivity index (χ2v) is 6.10. The van der Waals surface area contributed by atoms with Crippen molar-refractivity contribution in [2.45, 2.75) is 25.4 Å². The minimum Gasteiger partial charge on any atom is -0.344 e. The molecule has 0 aromatic carbocycles. The SMILES string of the molecule is C[C@H](c1cccnc1)N1CCN([C@H]2CCN(C)C2=O)CC1. The zero-order chi connectivity index (χ0) is 14.8. The van der Waals surface area contributed by atoms with E-state index in [1.807, 2.05) is 30.4 Å². The van der Waals surface area contributed by atoms with Crippen LogP contribution in [0.1, 0.15) is 24.9 Å². The molecular weight excluding hydrogens is 264 g/mol. The van der Waals surface area contributed by atoms with Gasteiger partial charge in [-0.3, -0.25) is 19.6 Å². The highest BCUT2D eigenvalue weighted by molar-refractivity contribution is 5.83. The lowest BCUT2D eigenvalue weighted by Gasteiger charge is -2.40. The van der Waals surface area contributed by atoms with Crippen molar-refractivity contribution in [3.8, 4) is 0 Å². The summed E-state index contributed by atoms with van der Waals surface area (Å²) in [6.07, 6.45) is 4.75. The fraction of sp³-hybridized carbons (Fsp3) is 0.625. The number of piperazine rings is 1. The van der Waals surface area contributed by atoms with Gasteiger partial charge in [-0.05, 0) is 25.0 Å². The summed E-state index contributed by atoms with van der Waals surface area (Å²) in [4.78, 5) is 23.0. The van der Waals surface area contributed by atoms with Gasteiger partial charge < -0.3 is 4.90 Å². The zero-order valence-corrected chi connectivity index (χ0v) is 12.9. The Morgan fingerprint density at radius 1 is 1.24 bits per heavy atom. The number of amides is 1. The smallest absolute Gasteiger partial charge is 0.239 e. The van der Waals surface area contributed by atoms with Gasteiger partial charge in [-0.25, -0.2) is 0 Å². The van der Waals surface area contributed by atoms with E-state index in [0.29, 0.717) is 11.9 Å².